The lowest BCUT2D eigenvalue weighted by molar-refractivity contribution is -0.137. The van der Waals surface area contributed by atoms with Crippen LogP contribution in [0.2, 0.25) is 0 Å². The van der Waals surface area contributed by atoms with E-state index >= 15 is 0 Å². The number of carbonyl (C=O) groups excluding carboxylic acids is 3. The molecule has 2 aromatic carbocycles. The molecule has 0 aromatic heterocycles. The van der Waals surface area contributed by atoms with Gasteiger partial charge in [-0.15, -0.1) is 0 Å². The number of hydrogen-bond donors (Lipinski definition) is 2. The fraction of sp³-hybridized carbons (Fsp3) is 0.167. The van der Waals surface area contributed by atoms with Gasteiger partial charge in [0.25, 0.3) is 5.91 Å². The standard InChI is InChI=1S/C18H15F3N2O4/c1-11(24)22-14-3-2-4-15(9-14)23-16(25)10-27-17(26)12-5-7-13(8-6-12)18(19,20)21/h2-9H,10H2,1H3,(H,22,24)(H,23,25). The zero-order chi connectivity index (χ0) is 20.0. The molecule has 0 unspecified atom stereocenters. The van der Waals surface area contributed by atoms with Crippen molar-refractivity contribution in [2.75, 3.05) is 17.2 Å². The molecule has 0 bridgehead atoms. The molecule has 2 rings (SSSR count). The molecule has 0 aliphatic rings. The summed E-state index contributed by atoms with van der Waals surface area (Å²) in [5.41, 5.74) is -0.154. The van der Waals surface area contributed by atoms with E-state index in [4.69, 9.17) is 4.74 Å². The lowest BCUT2D eigenvalue weighted by atomic mass is 10.1. The second-order valence-electron chi connectivity index (χ2n) is 5.46. The first-order chi connectivity index (χ1) is 12.6. The third kappa shape index (κ3) is 6.14. The molecule has 0 saturated carbocycles. The van der Waals surface area contributed by atoms with Crippen molar-refractivity contribution in [3.05, 3.63) is 59.7 Å². The molecule has 0 fully saturated rings. The second-order valence-corrected chi connectivity index (χ2v) is 5.46. The highest BCUT2D eigenvalue weighted by Crippen LogP contribution is 2.29. The molecule has 142 valence electrons. The summed E-state index contributed by atoms with van der Waals surface area (Å²) < 4.78 is 42.2. The number of nitrogens with one attached hydrogen (secondary N) is 2. The van der Waals surface area contributed by atoms with Crippen molar-refractivity contribution in [3.8, 4) is 0 Å². The van der Waals surface area contributed by atoms with Crippen molar-refractivity contribution in [1.29, 1.82) is 0 Å². The number of ether oxygens (including phenoxy) is 1. The molecular formula is C18H15F3N2O4. The number of halogens is 3. The Morgan fingerprint density at radius 3 is 2.11 bits per heavy atom. The van der Waals surface area contributed by atoms with Crippen molar-refractivity contribution >= 4 is 29.2 Å². The topological polar surface area (TPSA) is 84.5 Å². The number of carbonyl (C=O) groups is 3. The van der Waals surface area contributed by atoms with Gasteiger partial charge >= 0.3 is 12.1 Å². The Bertz CT molecular complexity index is 848. The summed E-state index contributed by atoms with van der Waals surface area (Å²) >= 11 is 0. The highest BCUT2D eigenvalue weighted by Gasteiger charge is 2.30. The minimum atomic E-state index is -4.51. The molecule has 2 N–H and O–H groups in total. The summed E-state index contributed by atoms with van der Waals surface area (Å²) in [5, 5.41) is 5.02. The molecule has 0 aliphatic carbocycles. The molecule has 27 heavy (non-hydrogen) atoms. The summed E-state index contributed by atoms with van der Waals surface area (Å²) in [6, 6.07) is 9.77. The van der Waals surface area contributed by atoms with Crippen molar-refractivity contribution in [2.24, 2.45) is 0 Å². The number of esters is 1. The Kier molecular flexibility index (Phi) is 6.17. The summed E-state index contributed by atoms with van der Waals surface area (Å²) in [6.07, 6.45) is -4.51. The minimum Gasteiger partial charge on any atom is -0.452 e. The van der Waals surface area contributed by atoms with E-state index in [1.54, 1.807) is 18.2 Å². The molecule has 2 amide bonds. The molecule has 0 aliphatic heterocycles. The van der Waals surface area contributed by atoms with Gasteiger partial charge in [-0.2, -0.15) is 13.2 Å². The number of benzene rings is 2. The van der Waals surface area contributed by atoms with E-state index in [0.29, 0.717) is 11.4 Å². The van der Waals surface area contributed by atoms with Crippen molar-refractivity contribution < 1.29 is 32.3 Å². The SMILES string of the molecule is CC(=O)Nc1cccc(NC(=O)COC(=O)c2ccc(C(F)(F)F)cc2)c1. The van der Waals surface area contributed by atoms with Gasteiger partial charge < -0.3 is 15.4 Å². The molecule has 0 heterocycles. The van der Waals surface area contributed by atoms with Crippen LogP contribution in [0.3, 0.4) is 0 Å². The van der Waals surface area contributed by atoms with Crippen LogP contribution in [0.25, 0.3) is 0 Å². The summed E-state index contributed by atoms with van der Waals surface area (Å²) in [6.45, 7) is 0.718. The van der Waals surface area contributed by atoms with Crippen LogP contribution in [0, 0.1) is 0 Å². The van der Waals surface area contributed by atoms with Gasteiger partial charge in [0, 0.05) is 18.3 Å². The molecule has 2 aromatic rings. The van der Waals surface area contributed by atoms with E-state index in [1.807, 2.05) is 0 Å². The predicted molar refractivity (Wildman–Crippen MR) is 91.1 cm³/mol. The maximum atomic E-state index is 12.5. The highest BCUT2D eigenvalue weighted by atomic mass is 19.4. The summed E-state index contributed by atoms with van der Waals surface area (Å²) in [5.74, 6) is -1.84. The Hall–Kier alpha value is -3.36. The predicted octanol–water partition coefficient (Wildman–Crippen LogP) is 3.46. The van der Waals surface area contributed by atoms with E-state index in [0.717, 1.165) is 24.3 Å². The van der Waals surface area contributed by atoms with Gasteiger partial charge in [-0.1, -0.05) is 6.07 Å². The van der Waals surface area contributed by atoms with Crippen LogP contribution >= 0.6 is 0 Å². The van der Waals surface area contributed by atoms with Gasteiger partial charge in [-0.3, -0.25) is 9.59 Å². The average molecular weight is 380 g/mol. The third-order valence-corrected chi connectivity index (χ3v) is 3.25. The van der Waals surface area contributed by atoms with Gasteiger partial charge in [-0.05, 0) is 42.5 Å². The van der Waals surface area contributed by atoms with Crippen LogP contribution in [0.4, 0.5) is 24.5 Å². The van der Waals surface area contributed by atoms with Crippen LogP contribution in [0.5, 0.6) is 0 Å². The number of amides is 2. The van der Waals surface area contributed by atoms with Gasteiger partial charge in [0.05, 0.1) is 11.1 Å². The second kappa shape index (κ2) is 8.35. The number of rotatable bonds is 5. The Balaban J connectivity index is 1.90. The first kappa shape index (κ1) is 20.0. The van der Waals surface area contributed by atoms with Crippen molar-refractivity contribution in [1.82, 2.24) is 0 Å². The van der Waals surface area contributed by atoms with Crippen LogP contribution < -0.4 is 10.6 Å². The van der Waals surface area contributed by atoms with Crippen molar-refractivity contribution in [2.45, 2.75) is 13.1 Å². The van der Waals surface area contributed by atoms with Gasteiger partial charge in [-0.25, -0.2) is 4.79 Å². The van der Waals surface area contributed by atoms with E-state index in [9.17, 15) is 27.6 Å². The molecule has 0 saturated heterocycles. The Labute approximate surface area is 152 Å². The quantitative estimate of drug-likeness (QED) is 0.778. The Morgan fingerprint density at radius 2 is 1.56 bits per heavy atom. The fourth-order valence-corrected chi connectivity index (χ4v) is 2.08. The molecule has 0 atom stereocenters. The van der Waals surface area contributed by atoms with Crippen LogP contribution in [0.15, 0.2) is 48.5 Å². The van der Waals surface area contributed by atoms with E-state index < -0.39 is 30.2 Å². The average Bonchev–Trinajstić information content (AvgIpc) is 2.59. The maximum Gasteiger partial charge on any atom is 0.416 e. The largest absolute Gasteiger partial charge is 0.452 e. The number of hydrogen-bond acceptors (Lipinski definition) is 4. The molecule has 0 spiro atoms. The third-order valence-electron chi connectivity index (χ3n) is 3.25. The number of alkyl halides is 3. The fourth-order valence-electron chi connectivity index (χ4n) is 2.08. The van der Waals surface area contributed by atoms with E-state index in [-0.39, 0.29) is 11.5 Å². The summed E-state index contributed by atoms with van der Waals surface area (Å²) in [4.78, 5) is 34.7. The summed E-state index contributed by atoms with van der Waals surface area (Å²) in [7, 11) is 0. The molecule has 9 heteroatoms. The lowest BCUT2D eigenvalue weighted by Gasteiger charge is -2.09. The lowest BCUT2D eigenvalue weighted by Crippen LogP contribution is -2.21. The molecule has 6 nitrogen and oxygen atoms in total. The maximum absolute atomic E-state index is 12.5. The van der Waals surface area contributed by atoms with E-state index in [2.05, 4.69) is 10.6 Å². The number of anilines is 2. The van der Waals surface area contributed by atoms with Gasteiger partial charge in [0.1, 0.15) is 0 Å². The highest BCUT2D eigenvalue weighted by molar-refractivity contribution is 5.96. The van der Waals surface area contributed by atoms with E-state index in [1.165, 1.54) is 13.0 Å². The first-order valence-electron chi connectivity index (χ1n) is 7.67. The van der Waals surface area contributed by atoms with Gasteiger partial charge in [0.15, 0.2) is 6.61 Å². The van der Waals surface area contributed by atoms with Crippen LogP contribution in [-0.4, -0.2) is 24.4 Å². The van der Waals surface area contributed by atoms with Crippen LogP contribution in [-0.2, 0) is 20.5 Å². The molecular weight excluding hydrogens is 365 g/mol. The zero-order valence-corrected chi connectivity index (χ0v) is 14.1. The normalized spacial score (nSPS) is 10.8. The zero-order valence-electron chi connectivity index (χ0n) is 14.1. The van der Waals surface area contributed by atoms with Crippen LogP contribution in [0.1, 0.15) is 22.8 Å². The van der Waals surface area contributed by atoms with Gasteiger partial charge in [0.2, 0.25) is 5.91 Å². The molecule has 0 radical (unpaired) electrons. The monoisotopic (exact) mass is 380 g/mol. The first-order valence-corrected chi connectivity index (χ1v) is 7.67. The Morgan fingerprint density at radius 1 is 0.963 bits per heavy atom. The smallest absolute Gasteiger partial charge is 0.416 e. The van der Waals surface area contributed by atoms with Crippen molar-refractivity contribution in [3.63, 3.8) is 0 Å². The minimum absolute atomic E-state index is 0.108.